The SMILES string of the molecule is Cc1cccc(-c2nc(Nc3ccncc3)c3nccnc3n2)c1F. The molecular formula is C18H13FN6. The summed E-state index contributed by atoms with van der Waals surface area (Å²) in [5.41, 5.74) is 2.55. The van der Waals surface area contributed by atoms with Crippen molar-refractivity contribution in [3.63, 3.8) is 0 Å². The fraction of sp³-hybridized carbons (Fsp3) is 0.0556. The Morgan fingerprint density at radius 1 is 0.920 bits per heavy atom. The fourth-order valence-corrected chi connectivity index (χ4v) is 2.46. The molecule has 0 bridgehead atoms. The molecule has 1 N–H and O–H groups in total. The summed E-state index contributed by atoms with van der Waals surface area (Å²) in [7, 11) is 0. The van der Waals surface area contributed by atoms with Crippen LogP contribution in [0, 0.1) is 12.7 Å². The number of halogens is 1. The van der Waals surface area contributed by atoms with Gasteiger partial charge in [-0.3, -0.25) is 4.98 Å². The van der Waals surface area contributed by atoms with Gasteiger partial charge in [0.15, 0.2) is 22.8 Å². The molecule has 0 unspecified atom stereocenters. The van der Waals surface area contributed by atoms with Gasteiger partial charge in [-0.05, 0) is 30.7 Å². The smallest absolute Gasteiger partial charge is 0.184 e. The number of rotatable bonds is 3. The Labute approximate surface area is 142 Å². The van der Waals surface area contributed by atoms with Gasteiger partial charge in [0.25, 0.3) is 0 Å². The van der Waals surface area contributed by atoms with Crippen molar-refractivity contribution in [3.8, 4) is 11.4 Å². The topological polar surface area (TPSA) is 76.5 Å². The monoisotopic (exact) mass is 332 g/mol. The van der Waals surface area contributed by atoms with Crippen molar-refractivity contribution in [2.45, 2.75) is 6.92 Å². The van der Waals surface area contributed by atoms with E-state index in [2.05, 4.69) is 30.2 Å². The van der Waals surface area contributed by atoms with E-state index >= 15 is 0 Å². The first-order valence-corrected chi connectivity index (χ1v) is 7.63. The Kier molecular flexibility index (Phi) is 3.74. The second-order valence-corrected chi connectivity index (χ2v) is 5.42. The minimum atomic E-state index is -0.347. The predicted molar refractivity (Wildman–Crippen MR) is 92.8 cm³/mol. The summed E-state index contributed by atoms with van der Waals surface area (Å²) >= 11 is 0. The summed E-state index contributed by atoms with van der Waals surface area (Å²) in [6.07, 6.45) is 6.44. The van der Waals surface area contributed by atoms with E-state index in [4.69, 9.17) is 0 Å². The number of pyridine rings is 1. The fourth-order valence-electron chi connectivity index (χ4n) is 2.46. The van der Waals surface area contributed by atoms with Crippen molar-refractivity contribution in [3.05, 3.63) is 66.5 Å². The molecule has 1 aromatic carbocycles. The molecular weight excluding hydrogens is 319 g/mol. The number of aryl methyl sites for hydroxylation is 1. The zero-order valence-corrected chi connectivity index (χ0v) is 13.3. The second-order valence-electron chi connectivity index (χ2n) is 5.42. The summed E-state index contributed by atoms with van der Waals surface area (Å²) in [5.74, 6) is 0.367. The lowest BCUT2D eigenvalue weighted by atomic mass is 10.1. The Morgan fingerprint density at radius 2 is 1.72 bits per heavy atom. The Balaban J connectivity index is 1.91. The zero-order valence-electron chi connectivity index (χ0n) is 13.3. The van der Waals surface area contributed by atoms with Gasteiger partial charge >= 0.3 is 0 Å². The lowest BCUT2D eigenvalue weighted by molar-refractivity contribution is 0.621. The van der Waals surface area contributed by atoms with Crippen LogP contribution >= 0.6 is 0 Å². The zero-order chi connectivity index (χ0) is 17.2. The molecule has 6 nitrogen and oxygen atoms in total. The minimum absolute atomic E-state index is 0.255. The van der Waals surface area contributed by atoms with Crippen LogP contribution in [-0.2, 0) is 0 Å². The molecule has 122 valence electrons. The van der Waals surface area contributed by atoms with Crippen LogP contribution in [0.2, 0.25) is 0 Å². The number of fused-ring (bicyclic) bond motifs is 1. The maximum atomic E-state index is 14.5. The molecule has 0 saturated heterocycles. The summed E-state index contributed by atoms with van der Waals surface area (Å²) < 4.78 is 14.5. The molecule has 25 heavy (non-hydrogen) atoms. The highest BCUT2D eigenvalue weighted by molar-refractivity contribution is 5.86. The third-order valence-corrected chi connectivity index (χ3v) is 3.71. The second kappa shape index (κ2) is 6.20. The normalized spacial score (nSPS) is 10.8. The Hall–Kier alpha value is -3.48. The number of nitrogens with one attached hydrogen (secondary N) is 1. The van der Waals surface area contributed by atoms with Crippen LogP contribution < -0.4 is 5.32 Å². The predicted octanol–water partition coefficient (Wildman–Crippen LogP) is 3.67. The number of hydrogen-bond acceptors (Lipinski definition) is 6. The van der Waals surface area contributed by atoms with Gasteiger partial charge in [0.05, 0.1) is 5.56 Å². The van der Waals surface area contributed by atoms with Crippen LogP contribution in [0.25, 0.3) is 22.6 Å². The van der Waals surface area contributed by atoms with Crippen LogP contribution in [0.1, 0.15) is 5.56 Å². The number of anilines is 2. The van der Waals surface area contributed by atoms with Crippen molar-refractivity contribution >= 4 is 22.7 Å². The van der Waals surface area contributed by atoms with Crippen molar-refractivity contribution in [2.75, 3.05) is 5.32 Å². The van der Waals surface area contributed by atoms with E-state index in [-0.39, 0.29) is 11.6 Å². The molecule has 0 saturated carbocycles. The van der Waals surface area contributed by atoms with E-state index in [9.17, 15) is 4.39 Å². The van der Waals surface area contributed by atoms with Gasteiger partial charge in [-0.1, -0.05) is 12.1 Å². The van der Waals surface area contributed by atoms with Crippen molar-refractivity contribution in [1.82, 2.24) is 24.9 Å². The third-order valence-electron chi connectivity index (χ3n) is 3.71. The van der Waals surface area contributed by atoms with Crippen LogP contribution in [0.15, 0.2) is 55.1 Å². The highest BCUT2D eigenvalue weighted by Gasteiger charge is 2.15. The van der Waals surface area contributed by atoms with Crippen molar-refractivity contribution in [1.29, 1.82) is 0 Å². The highest BCUT2D eigenvalue weighted by Crippen LogP contribution is 2.27. The van der Waals surface area contributed by atoms with Gasteiger partial charge in [-0.25, -0.2) is 24.3 Å². The molecule has 0 radical (unpaired) electrons. The summed E-state index contributed by atoms with van der Waals surface area (Å²) in [4.78, 5) is 21.4. The molecule has 3 heterocycles. The maximum Gasteiger partial charge on any atom is 0.184 e. The standard InChI is InChI=1S/C18H13FN6/c1-11-3-2-4-13(14(11)19)16-24-17-15(21-9-10-22-17)18(25-16)23-12-5-7-20-8-6-12/h2-10H,1H3,(H,20,22,23,24,25). The van der Waals surface area contributed by atoms with E-state index < -0.39 is 0 Å². The van der Waals surface area contributed by atoms with Crippen molar-refractivity contribution < 1.29 is 4.39 Å². The lowest BCUT2D eigenvalue weighted by Crippen LogP contribution is -2.03. The lowest BCUT2D eigenvalue weighted by Gasteiger charge is -2.10. The van der Waals surface area contributed by atoms with Gasteiger partial charge in [-0.15, -0.1) is 0 Å². The molecule has 4 aromatic rings. The summed E-state index contributed by atoms with van der Waals surface area (Å²) in [5, 5.41) is 3.18. The average Bonchev–Trinajstić information content (AvgIpc) is 2.65. The minimum Gasteiger partial charge on any atom is -0.338 e. The first kappa shape index (κ1) is 15.1. The number of hydrogen-bond donors (Lipinski definition) is 1. The van der Waals surface area contributed by atoms with Gasteiger partial charge < -0.3 is 5.32 Å². The molecule has 0 aliphatic carbocycles. The molecule has 0 atom stereocenters. The maximum absolute atomic E-state index is 14.5. The van der Waals surface area contributed by atoms with E-state index in [1.807, 2.05) is 0 Å². The van der Waals surface area contributed by atoms with Gasteiger partial charge in [0.1, 0.15) is 5.82 Å². The highest BCUT2D eigenvalue weighted by atomic mass is 19.1. The molecule has 0 aliphatic rings. The molecule has 0 spiro atoms. The van der Waals surface area contributed by atoms with E-state index in [0.717, 1.165) is 5.69 Å². The Morgan fingerprint density at radius 3 is 2.56 bits per heavy atom. The van der Waals surface area contributed by atoms with E-state index in [0.29, 0.717) is 28.1 Å². The first-order valence-electron chi connectivity index (χ1n) is 7.63. The van der Waals surface area contributed by atoms with Crippen LogP contribution in [-0.4, -0.2) is 24.9 Å². The van der Waals surface area contributed by atoms with Crippen LogP contribution in [0.4, 0.5) is 15.9 Å². The van der Waals surface area contributed by atoms with Gasteiger partial charge in [-0.2, -0.15) is 0 Å². The molecule has 0 aliphatic heterocycles. The quantitative estimate of drug-likeness (QED) is 0.617. The van der Waals surface area contributed by atoms with Gasteiger partial charge in [0.2, 0.25) is 0 Å². The molecule has 0 amide bonds. The third kappa shape index (κ3) is 2.87. The number of nitrogens with zero attached hydrogens (tertiary/aromatic N) is 5. The molecule has 7 heteroatoms. The molecule has 3 aromatic heterocycles. The molecule has 0 fully saturated rings. The van der Waals surface area contributed by atoms with E-state index in [1.165, 1.54) is 0 Å². The average molecular weight is 332 g/mol. The number of benzene rings is 1. The van der Waals surface area contributed by atoms with Gasteiger partial charge in [0, 0.05) is 30.5 Å². The number of aromatic nitrogens is 5. The summed E-state index contributed by atoms with van der Waals surface area (Å²) in [6, 6.07) is 8.73. The largest absolute Gasteiger partial charge is 0.338 e. The Bertz CT molecular complexity index is 1050. The van der Waals surface area contributed by atoms with E-state index in [1.54, 1.807) is 62.0 Å². The molecule has 4 rings (SSSR count). The van der Waals surface area contributed by atoms with Crippen molar-refractivity contribution in [2.24, 2.45) is 0 Å². The summed E-state index contributed by atoms with van der Waals surface area (Å²) in [6.45, 7) is 1.70. The van der Waals surface area contributed by atoms with Crippen LogP contribution in [0.3, 0.4) is 0 Å². The first-order chi connectivity index (χ1) is 12.2. The van der Waals surface area contributed by atoms with Crippen LogP contribution in [0.5, 0.6) is 0 Å².